The van der Waals surface area contributed by atoms with Gasteiger partial charge in [-0.15, -0.1) is 0 Å². The van der Waals surface area contributed by atoms with Gasteiger partial charge in [-0.2, -0.15) is 0 Å². The third kappa shape index (κ3) is 2.53. The molecule has 0 radical (unpaired) electrons. The first-order valence-corrected chi connectivity index (χ1v) is 7.04. The van der Waals surface area contributed by atoms with Crippen LogP contribution in [0.5, 0.6) is 0 Å². The Morgan fingerprint density at radius 1 is 1.35 bits per heavy atom. The van der Waals surface area contributed by atoms with Gasteiger partial charge in [0.25, 0.3) is 0 Å². The molecule has 0 N–H and O–H groups in total. The van der Waals surface area contributed by atoms with Crippen LogP contribution >= 0.6 is 0 Å². The molecule has 0 spiro atoms. The Kier molecular flexibility index (Phi) is 4.38. The fourth-order valence-electron chi connectivity index (χ4n) is 2.42. The Bertz CT molecular complexity index is 665. The third-order valence-corrected chi connectivity index (χ3v) is 3.72. The summed E-state index contributed by atoms with van der Waals surface area (Å²) in [7, 11) is 0. The second-order valence-corrected chi connectivity index (χ2v) is 4.98. The molecule has 106 valence electrons. The van der Waals surface area contributed by atoms with Crippen molar-refractivity contribution in [3.05, 3.63) is 53.7 Å². The number of allylic oxidation sites excluding steroid dienone is 1. The Labute approximate surface area is 119 Å². The van der Waals surface area contributed by atoms with E-state index >= 15 is 0 Å². The van der Waals surface area contributed by atoms with Crippen LogP contribution in [-0.2, 0) is 6.42 Å². The fourth-order valence-corrected chi connectivity index (χ4v) is 2.42. The van der Waals surface area contributed by atoms with Gasteiger partial charge in [0.05, 0.1) is 5.52 Å². The molecule has 0 aliphatic heterocycles. The number of aromatic nitrogens is 1. The minimum atomic E-state index is -0.177. The Morgan fingerprint density at radius 3 is 2.75 bits per heavy atom. The molecule has 0 aliphatic rings. The molecule has 2 heterocycles. The highest BCUT2D eigenvalue weighted by atomic mass is 19.1. The third-order valence-electron chi connectivity index (χ3n) is 3.72. The number of aliphatic imine (C=N–C) groups is 1. The van der Waals surface area contributed by atoms with Crippen LogP contribution in [0.2, 0.25) is 0 Å². The normalized spacial score (nSPS) is 14.3. The van der Waals surface area contributed by atoms with Gasteiger partial charge in [0, 0.05) is 29.2 Å². The standard InChI is InChI=1S/C17H21FN2/c1-5-11-19-13(4)12(3)16-10-8-15(18)17-9-7-14(6-2)20(16)17/h5,7-12H,6H2,1-4H3/b11-5-,19-13+. The lowest BCUT2D eigenvalue weighted by Gasteiger charge is -2.16. The monoisotopic (exact) mass is 272 g/mol. The average Bonchev–Trinajstić information content (AvgIpc) is 2.89. The number of hydrogen-bond acceptors (Lipinski definition) is 1. The zero-order valence-corrected chi connectivity index (χ0v) is 12.5. The molecule has 2 aromatic rings. The molecule has 2 nitrogen and oxygen atoms in total. The van der Waals surface area contributed by atoms with Crippen LogP contribution in [0.4, 0.5) is 4.39 Å². The molecule has 0 aliphatic carbocycles. The van der Waals surface area contributed by atoms with Gasteiger partial charge in [-0.05, 0) is 44.5 Å². The molecule has 0 bridgehead atoms. The van der Waals surface area contributed by atoms with E-state index in [4.69, 9.17) is 0 Å². The summed E-state index contributed by atoms with van der Waals surface area (Å²) in [5.74, 6) is -0.0318. The van der Waals surface area contributed by atoms with Gasteiger partial charge >= 0.3 is 0 Å². The van der Waals surface area contributed by atoms with Crippen LogP contribution in [0.3, 0.4) is 0 Å². The predicted octanol–water partition coefficient (Wildman–Crippen LogP) is 4.74. The van der Waals surface area contributed by atoms with Crippen molar-refractivity contribution in [1.29, 1.82) is 0 Å². The Morgan fingerprint density at radius 2 is 2.10 bits per heavy atom. The number of pyridine rings is 1. The molecule has 0 aromatic carbocycles. The van der Waals surface area contributed by atoms with Gasteiger partial charge in [-0.25, -0.2) is 4.39 Å². The van der Waals surface area contributed by atoms with Gasteiger partial charge in [0.15, 0.2) is 0 Å². The van der Waals surface area contributed by atoms with Gasteiger partial charge in [0.2, 0.25) is 0 Å². The lowest BCUT2D eigenvalue weighted by molar-refractivity contribution is 0.629. The number of aryl methyl sites for hydroxylation is 1. The van der Waals surface area contributed by atoms with Crippen molar-refractivity contribution in [3.63, 3.8) is 0 Å². The molecule has 0 saturated heterocycles. The quantitative estimate of drug-likeness (QED) is 0.715. The summed E-state index contributed by atoms with van der Waals surface area (Å²) in [5.41, 5.74) is 3.87. The van der Waals surface area contributed by atoms with Crippen LogP contribution < -0.4 is 0 Å². The molecule has 0 saturated carbocycles. The Hall–Kier alpha value is -1.90. The van der Waals surface area contributed by atoms with Gasteiger partial charge < -0.3 is 4.40 Å². The maximum Gasteiger partial charge on any atom is 0.147 e. The van der Waals surface area contributed by atoms with Crippen molar-refractivity contribution in [2.24, 2.45) is 4.99 Å². The summed E-state index contributed by atoms with van der Waals surface area (Å²) < 4.78 is 15.9. The van der Waals surface area contributed by atoms with Crippen molar-refractivity contribution >= 4 is 11.2 Å². The highest BCUT2D eigenvalue weighted by Crippen LogP contribution is 2.24. The number of fused-ring (bicyclic) bond motifs is 1. The zero-order valence-electron chi connectivity index (χ0n) is 12.5. The van der Waals surface area contributed by atoms with E-state index in [1.807, 2.05) is 42.5 Å². The molecule has 2 aromatic heterocycles. The molecule has 1 unspecified atom stereocenters. The molecule has 3 heteroatoms. The van der Waals surface area contributed by atoms with E-state index in [1.165, 1.54) is 0 Å². The van der Waals surface area contributed by atoms with Gasteiger partial charge in [-0.1, -0.05) is 19.9 Å². The van der Waals surface area contributed by atoms with Crippen molar-refractivity contribution in [3.8, 4) is 0 Å². The van der Waals surface area contributed by atoms with E-state index < -0.39 is 0 Å². The number of rotatable bonds is 4. The van der Waals surface area contributed by atoms with Gasteiger partial charge in [0.1, 0.15) is 5.82 Å². The fraction of sp³-hybridized carbons (Fsp3) is 0.353. The minimum Gasteiger partial charge on any atom is -0.315 e. The maximum absolute atomic E-state index is 13.9. The summed E-state index contributed by atoms with van der Waals surface area (Å²) in [5, 5.41) is 0. The SMILES string of the molecule is C/C=C\N=C(/C)C(C)c1ccc(F)c2ccc(CC)n12. The number of hydrogen-bond donors (Lipinski definition) is 0. The zero-order chi connectivity index (χ0) is 14.7. The van der Waals surface area contributed by atoms with E-state index in [0.29, 0.717) is 5.52 Å². The van der Waals surface area contributed by atoms with Crippen LogP contribution in [0.1, 0.15) is 45.0 Å². The van der Waals surface area contributed by atoms with Crippen LogP contribution in [-0.4, -0.2) is 10.1 Å². The topological polar surface area (TPSA) is 16.8 Å². The van der Waals surface area contributed by atoms with Crippen LogP contribution in [0.15, 0.2) is 41.5 Å². The first-order chi connectivity index (χ1) is 9.60. The highest BCUT2D eigenvalue weighted by molar-refractivity contribution is 5.88. The Balaban J connectivity index is 2.59. The second kappa shape index (κ2) is 6.04. The van der Waals surface area contributed by atoms with Crippen LogP contribution in [0, 0.1) is 5.82 Å². The minimum absolute atomic E-state index is 0.145. The van der Waals surface area contributed by atoms with E-state index in [0.717, 1.165) is 23.5 Å². The van der Waals surface area contributed by atoms with Crippen molar-refractivity contribution in [2.45, 2.75) is 40.0 Å². The maximum atomic E-state index is 13.9. The first-order valence-electron chi connectivity index (χ1n) is 7.04. The summed E-state index contributed by atoms with van der Waals surface area (Å²) in [6.45, 7) is 8.14. The molecule has 0 fully saturated rings. The molecule has 20 heavy (non-hydrogen) atoms. The first kappa shape index (κ1) is 14.5. The molecule has 2 rings (SSSR count). The van der Waals surface area contributed by atoms with Crippen molar-refractivity contribution in [2.75, 3.05) is 0 Å². The van der Waals surface area contributed by atoms with Crippen molar-refractivity contribution in [1.82, 2.24) is 4.40 Å². The molecular weight excluding hydrogens is 251 g/mol. The summed E-state index contributed by atoms with van der Waals surface area (Å²) in [6, 6.07) is 7.25. The van der Waals surface area contributed by atoms with E-state index in [9.17, 15) is 4.39 Å². The largest absolute Gasteiger partial charge is 0.315 e. The molecule has 1 atom stereocenters. The van der Waals surface area contributed by atoms with Crippen molar-refractivity contribution < 1.29 is 4.39 Å². The van der Waals surface area contributed by atoms with Crippen LogP contribution in [0.25, 0.3) is 5.52 Å². The summed E-state index contributed by atoms with van der Waals surface area (Å²) >= 11 is 0. The smallest absolute Gasteiger partial charge is 0.147 e. The van der Waals surface area contributed by atoms with E-state index in [1.54, 1.807) is 12.3 Å². The van der Waals surface area contributed by atoms with E-state index in [-0.39, 0.29) is 11.7 Å². The summed E-state index contributed by atoms with van der Waals surface area (Å²) in [6.07, 6.45) is 4.58. The lowest BCUT2D eigenvalue weighted by atomic mass is 10.0. The average molecular weight is 272 g/mol. The highest BCUT2D eigenvalue weighted by Gasteiger charge is 2.16. The number of nitrogens with zero attached hydrogens (tertiary/aromatic N) is 2. The number of halogens is 1. The molecular formula is C17H21FN2. The van der Waals surface area contributed by atoms with E-state index in [2.05, 4.69) is 18.8 Å². The van der Waals surface area contributed by atoms with Gasteiger partial charge in [-0.3, -0.25) is 4.99 Å². The lowest BCUT2D eigenvalue weighted by Crippen LogP contribution is -2.11. The molecule has 0 amide bonds. The predicted molar refractivity (Wildman–Crippen MR) is 83.1 cm³/mol. The second-order valence-electron chi connectivity index (χ2n) is 4.98. The summed E-state index contributed by atoms with van der Waals surface area (Å²) in [4.78, 5) is 4.42.